The molecule has 2 aromatic carbocycles. The number of benzene rings is 2. The minimum absolute atomic E-state index is 0. The lowest BCUT2D eigenvalue weighted by Gasteiger charge is -2.09. The molecular weight excluding hydrogens is 586 g/mol. The lowest BCUT2D eigenvalue weighted by atomic mass is 10.1. The van der Waals surface area contributed by atoms with E-state index in [1.807, 2.05) is 43.4 Å². The second kappa shape index (κ2) is 19.7. The molecule has 0 bridgehead atoms. The lowest BCUT2D eigenvalue weighted by Crippen LogP contribution is -3.00. The summed E-state index contributed by atoms with van der Waals surface area (Å²) in [6.07, 6.45) is 26.5. The summed E-state index contributed by atoms with van der Waals surface area (Å²) >= 11 is 0. The SMILES string of the molecule is C#CCCCCCCCCC(=O)Nc1ccc2cc3ccc(NC(=O)CCCCCCCCC#C)cc3[n+](C)c2c1.[Br-]. The van der Waals surface area contributed by atoms with Crippen molar-refractivity contribution in [3.8, 4) is 24.7 Å². The second-order valence-corrected chi connectivity index (χ2v) is 11.0. The number of halogens is 1. The number of terminal acetylenes is 2. The number of carbonyl (C=O) groups excluding carboxylic acids is 2. The number of anilines is 2. The number of amides is 2. The standard InChI is InChI=1S/C36H45N3O2.BrH/c1-4-6-8-10-12-14-16-18-20-35(40)37-31-24-22-29-26-30-23-25-32(28-34(30)39(3)33(29)27-31)38-36(41)21-19-17-15-13-11-9-7-5-2;/h1-2,22-28H,6-21H2,3H3,(H,37,38,40,41);1H. The number of hydrogen-bond donors (Lipinski definition) is 2. The molecule has 0 spiro atoms. The summed E-state index contributed by atoms with van der Waals surface area (Å²) in [6.45, 7) is 0. The Morgan fingerprint density at radius 2 is 1.00 bits per heavy atom. The van der Waals surface area contributed by atoms with Crippen LogP contribution in [0.3, 0.4) is 0 Å². The first kappa shape index (κ1) is 34.8. The summed E-state index contributed by atoms with van der Waals surface area (Å²) in [4.78, 5) is 25.1. The summed E-state index contributed by atoms with van der Waals surface area (Å²) in [7, 11) is 2.02. The molecule has 1 aromatic heterocycles. The molecule has 0 saturated carbocycles. The van der Waals surface area contributed by atoms with E-state index in [4.69, 9.17) is 12.8 Å². The molecular formula is C36H46BrN3O2. The van der Waals surface area contributed by atoms with Gasteiger partial charge >= 0.3 is 0 Å². The van der Waals surface area contributed by atoms with Crippen LogP contribution in [-0.2, 0) is 16.6 Å². The van der Waals surface area contributed by atoms with E-state index in [-0.39, 0.29) is 28.8 Å². The van der Waals surface area contributed by atoms with Crippen molar-refractivity contribution in [2.24, 2.45) is 7.05 Å². The van der Waals surface area contributed by atoms with Crippen molar-refractivity contribution in [3.63, 3.8) is 0 Å². The molecule has 0 radical (unpaired) electrons. The van der Waals surface area contributed by atoms with E-state index >= 15 is 0 Å². The molecule has 0 fully saturated rings. The van der Waals surface area contributed by atoms with Gasteiger partial charge in [0.1, 0.15) is 7.05 Å². The molecule has 0 aliphatic rings. The Labute approximate surface area is 263 Å². The zero-order valence-corrected chi connectivity index (χ0v) is 26.7. The highest BCUT2D eigenvalue weighted by atomic mass is 79.9. The molecule has 1 heterocycles. The fraction of sp³-hybridized carbons (Fsp3) is 0.472. The smallest absolute Gasteiger partial charge is 0.224 e. The lowest BCUT2D eigenvalue weighted by molar-refractivity contribution is -0.617. The molecule has 42 heavy (non-hydrogen) atoms. The second-order valence-electron chi connectivity index (χ2n) is 11.0. The number of pyridine rings is 1. The highest BCUT2D eigenvalue weighted by molar-refractivity contribution is 5.97. The third-order valence-electron chi connectivity index (χ3n) is 7.61. The number of aromatic nitrogens is 1. The molecule has 224 valence electrons. The van der Waals surface area contributed by atoms with Crippen LogP contribution >= 0.6 is 0 Å². The Kier molecular flexibility index (Phi) is 16.4. The van der Waals surface area contributed by atoms with Gasteiger partial charge in [0.15, 0.2) is 0 Å². The van der Waals surface area contributed by atoms with Crippen LogP contribution in [0.1, 0.15) is 103 Å². The molecule has 0 atom stereocenters. The normalized spacial score (nSPS) is 10.5. The number of carbonyl (C=O) groups is 2. The van der Waals surface area contributed by atoms with Gasteiger partial charge in [-0.1, -0.05) is 51.4 Å². The zero-order valence-electron chi connectivity index (χ0n) is 25.2. The van der Waals surface area contributed by atoms with Crippen molar-refractivity contribution in [2.45, 2.75) is 103 Å². The van der Waals surface area contributed by atoms with Gasteiger partial charge in [-0.15, -0.1) is 24.7 Å². The maximum Gasteiger partial charge on any atom is 0.224 e. The van der Waals surface area contributed by atoms with Crippen molar-refractivity contribution < 1.29 is 31.1 Å². The van der Waals surface area contributed by atoms with Crippen LogP contribution in [0.25, 0.3) is 21.8 Å². The molecule has 0 aliphatic heterocycles. The average molecular weight is 633 g/mol. The van der Waals surface area contributed by atoms with Gasteiger partial charge in [-0.3, -0.25) is 9.59 Å². The van der Waals surface area contributed by atoms with Gasteiger partial charge in [0.2, 0.25) is 22.8 Å². The Morgan fingerprint density at radius 3 is 1.40 bits per heavy atom. The molecule has 0 aliphatic carbocycles. The highest BCUT2D eigenvalue weighted by Crippen LogP contribution is 2.24. The average Bonchev–Trinajstić information content (AvgIpc) is 2.96. The topological polar surface area (TPSA) is 62.1 Å². The van der Waals surface area contributed by atoms with E-state index in [0.717, 1.165) is 97.4 Å². The fourth-order valence-corrected chi connectivity index (χ4v) is 5.25. The van der Waals surface area contributed by atoms with Crippen LogP contribution in [0.15, 0.2) is 42.5 Å². The van der Waals surface area contributed by atoms with Gasteiger partial charge in [0, 0.05) is 60.0 Å². The number of rotatable bonds is 18. The highest BCUT2D eigenvalue weighted by Gasteiger charge is 2.15. The van der Waals surface area contributed by atoms with E-state index in [1.165, 1.54) is 25.7 Å². The number of unbranched alkanes of at least 4 members (excludes halogenated alkanes) is 12. The minimum atomic E-state index is 0. The number of fused-ring (bicyclic) bond motifs is 2. The van der Waals surface area contributed by atoms with E-state index in [2.05, 4.69) is 33.1 Å². The zero-order chi connectivity index (χ0) is 29.3. The monoisotopic (exact) mass is 631 g/mol. The van der Waals surface area contributed by atoms with E-state index in [9.17, 15) is 9.59 Å². The molecule has 0 unspecified atom stereocenters. The minimum Gasteiger partial charge on any atom is -1.00 e. The van der Waals surface area contributed by atoms with Gasteiger partial charge in [0.25, 0.3) is 0 Å². The van der Waals surface area contributed by atoms with E-state index in [1.54, 1.807) is 0 Å². The van der Waals surface area contributed by atoms with Crippen molar-refractivity contribution >= 4 is 45.0 Å². The van der Waals surface area contributed by atoms with Gasteiger partial charge in [-0.2, -0.15) is 4.57 Å². The summed E-state index contributed by atoms with van der Waals surface area (Å²) in [5.41, 5.74) is 3.64. The summed E-state index contributed by atoms with van der Waals surface area (Å²) in [6, 6.07) is 14.2. The Bertz CT molecular complexity index is 1280. The van der Waals surface area contributed by atoms with Gasteiger partial charge in [-0.05, 0) is 56.0 Å². The van der Waals surface area contributed by atoms with Gasteiger partial charge in [0.05, 0.1) is 0 Å². The molecule has 2 N–H and O–H groups in total. The Hall–Kier alpha value is -3.35. The summed E-state index contributed by atoms with van der Waals surface area (Å²) in [5.74, 6) is 5.46. The van der Waals surface area contributed by atoms with Crippen LogP contribution in [0.4, 0.5) is 11.4 Å². The van der Waals surface area contributed by atoms with Crippen LogP contribution in [-0.4, -0.2) is 11.8 Å². The number of aryl methyl sites for hydroxylation is 1. The third-order valence-corrected chi connectivity index (χ3v) is 7.61. The van der Waals surface area contributed by atoms with E-state index < -0.39 is 0 Å². The van der Waals surface area contributed by atoms with Crippen LogP contribution in [0.5, 0.6) is 0 Å². The quantitative estimate of drug-likeness (QED) is 0.0877. The first-order chi connectivity index (χ1) is 20.0. The van der Waals surface area contributed by atoms with Crippen LogP contribution in [0.2, 0.25) is 0 Å². The molecule has 2 amide bonds. The number of nitrogens with one attached hydrogen (secondary N) is 2. The summed E-state index contributed by atoms with van der Waals surface area (Å²) < 4.78 is 2.12. The maximum absolute atomic E-state index is 12.5. The van der Waals surface area contributed by atoms with Crippen LogP contribution < -0.4 is 32.2 Å². The Balaban J connectivity index is 0.00000616. The molecule has 5 nitrogen and oxygen atoms in total. The molecule has 3 rings (SSSR count). The molecule has 3 aromatic rings. The van der Waals surface area contributed by atoms with Gasteiger partial charge < -0.3 is 27.6 Å². The van der Waals surface area contributed by atoms with E-state index in [0.29, 0.717) is 12.8 Å². The number of hydrogen-bond acceptors (Lipinski definition) is 2. The predicted molar refractivity (Wildman–Crippen MR) is 171 cm³/mol. The largest absolute Gasteiger partial charge is 1.00 e. The fourth-order valence-electron chi connectivity index (χ4n) is 5.25. The van der Waals surface area contributed by atoms with Crippen molar-refractivity contribution in [3.05, 3.63) is 42.5 Å². The van der Waals surface area contributed by atoms with Gasteiger partial charge in [-0.25, -0.2) is 0 Å². The summed E-state index contributed by atoms with van der Waals surface area (Å²) in [5, 5.41) is 8.33. The van der Waals surface area contributed by atoms with Crippen molar-refractivity contribution in [2.75, 3.05) is 10.6 Å². The number of nitrogens with zero attached hydrogens (tertiary/aromatic N) is 1. The molecule has 0 saturated heterocycles. The Morgan fingerprint density at radius 1 is 0.619 bits per heavy atom. The van der Waals surface area contributed by atoms with Crippen LogP contribution in [0, 0.1) is 24.7 Å². The first-order valence-electron chi connectivity index (χ1n) is 15.3. The van der Waals surface area contributed by atoms with Crippen molar-refractivity contribution in [1.82, 2.24) is 0 Å². The maximum atomic E-state index is 12.5. The molecule has 6 heteroatoms. The first-order valence-corrected chi connectivity index (χ1v) is 15.3. The van der Waals surface area contributed by atoms with Crippen molar-refractivity contribution in [1.29, 1.82) is 0 Å². The third kappa shape index (κ3) is 11.9. The predicted octanol–water partition coefficient (Wildman–Crippen LogP) is 5.21.